The lowest BCUT2D eigenvalue weighted by Gasteiger charge is -1.93. The number of halogens is 3. The molecule has 0 aliphatic heterocycles. The number of hydrogen-bond donors (Lipinski definition) is 2. The van der Waals surface area contributed by atoms with Crippen LogP contribution in [0.25, 0.3) is 0 Å². The zero-order chi connectivity index (χ0) is 9.61. The third-order valence-electron chi connectivity index (χ3n) is 0.739. The van der Waals surface area contributed by atoms with Gasteiger partial charge in [-0.1, -0.05) is 0 Å². The van der Waals surface area contributed by atoms with Gasteiger partial charge in [-0.15, -0.1) is 0 Å². The molecular formula is C6H6F3NO2. The fraction of sp³-hybridized carbons (Fsp3) is 0.167. The van der Waals surface area contributed by atoms with E-state index in [9.17, 15) is 13.2 Å². The smallest absolute Gasteiger partial charge is 0.475 e. The third kappa shape index (κ3) is 5.33. The van der Waals surface area contributed by atoms with Gasteiger partial charge in [-0.2, -0.15) is 13.2 Å². The van der Waals surface area contributed by atoms with Crippen LogP contribution >= 0.6 is 0 Å². The van der Waals surface area contributed by atoms with Crippen LogP contribution in [0.4, 0.5) is 13.2 Å². The molecule has 68 valence electrons. The summed E-state index contributed by atoms with van der Waals surface area (Å²) in [6.45, 7) is 0. The highest BCUT2D eigenvalue weighted by atomic mass is 19.4. The highest BCUT2D eigenvalue weighted by molar-refractivity contribution is 5.73. The molecule has 0 unspecified atom stereocenters. The maximum Gasteiger partial charge on any atom is 0.490 e. The molecule has 0 aliphatic rings. The maximum atomic E-state index is 10.6. The van der Waals surface area contributed by atoms with Crippen molar-refractivity contribution in [3.05, 3.63) is 24.5 Å². The van der Waals surface area contributed by atoms with E-state index in [0.29, 0.717) is 0 Å². The summed E-state index contributed by atoms with van der Waals surface area (Å²) < 4.78 is 31.7. The lowest BCUT2D eigenvalue weighted by molar-refractivity contribution is -0.192. The Kier molecular flexibility index (Phi) is 3.89. The predicted octanol–water partition coefficient (Wildman–Crippen LogP) is 1.65. The molecule has 0 fully saturated rings. The SMILES string of the molecule is O=C(O)C(F)(F)F.c1cc[nH]c1. The Balaban J connectivity index is 0.000000211. The molecule has 1 heterocycles. The van der Waals surface area contributed by atoms with Gasteiger partial charge >= 0.3 is 12.1 Å². The molecule has 3 nitrogen and oxygen atoms in total. The summed E-state index contributed by atoms with van der Waals surface area (Å²) in [5, 5.41) is 7.12. The van der Waals surface area contributed by atoms with Gasteiger partial charge in [-0.05, 0) is 12.1 Å². The molecule has 0 saturated carbocycles. The van der Waals surface area contributed by atoms with Crippen molar-refractivity contribution in [2.45, 2.75) is 6.18 Å². The molecule has 6 heteroatoms. The number of alkyl halides is 3. The number of rotatable bonds is 0. The van der Waals surface area contributed by atoms with Crippen LogP contribution in [0.5, 0.6) is 0 Å². The molecule has 0 aromatic carbocycles. The van der Waals surface area contributed by atoms with Crippen molar-refractivity contribution >= 4 is 5.97 Å². The van der Waals surface area contributed by atoms with Gasteiger partial charge in [0, 0.05) is 12.4 Å². The minimum Gasteiger partial charge on any atom is -0.475 e. The summed E-state index contributed by atoms with van der Waals surface area (Å²) in [5.74, 6) is -2.76. The van der Waals surface area contributed by atoms with Crippen molar-refractivity contribution in [2.75, 3.05) is 0 Å². The van der Waals surface area contributed by atoms with E-state index in [1.807, 2.05) is 24.5 Å². The molecule has 0 atom stereocenters. The Morgan fingerprint density at radius 2 is 1.58 bits per heavy atom. The third-order valence-corrected chi connectivity index (χ3v) is 0.739. The summed E-state index contributed by atoms with van der Waals surface area (Å²) in [5.41, 5.74) is 0. The van der Waals surface area contributed by atoms with Crippen LogP contribution in [0.15, 0.2) is 24.5 Å². The first kappa shape index (κ1) is 10.5. The molecule has 0 spiro atoms. The molecule has 0 radical (unpaired) electrons. The number of nitrogens with one attached hydrogen (secondary N) is 1. The Bertz CT molecular complexity index is 200. The average Bonchev–Trinajstić information content (AvgIpc) is 2.39. The second kappa shape index (κ2) is 4.42. The van der Waals surface area contributed by atoms with Gasteiger partial charge in [-0.25, -0.2) is 4.79 Å². The van der Waals surface area contributed by atoms with Crippen molar-refractivity contribution in [3.8, 4) is 0 Å². The van der Waals surface area contributed by atoms with Gasteiger partial charge < -0.3 is 10.1 Å². The van der Waals surface area contributed by atoms with Gasteiger partial charge in [-0.3, -0.25) is 0 Å². The van der Waals surface area contributed by atoms with Crippen molar-refractivity contribution < 1.29 is 23.1 Å². The van der Waals surface area contributed by atoms with E-state index >= 15 is 0 Å². The van der Waals surface area contributed by atoms with Crippen molar-refractivity contribution in [3.63, 3.8) is 0 Å². The molecule has 0 bridgehead atoms. The zero-order valence-electron chi connectivity index (χ0n) is 5.80. The van der Waals surface area contributed by atoms with Gasteiger partial charge in [0.1, 0.15) is 0 Å². The van der Waals surface area contributed by atoms with E-state index in [1.54, 1.807) is 0 Å². The summed E-state index contributed by atoms with van der Waals surface area (Å²) in [7, 11) is 0. The number of H-pyrrole nitrogens is 1. The zero-order valence-corrected chi connectivity index (χ0v) is 5.80. The second-order valence-corrected chi connectivity index (χ2v) is 1.69. The molecule has 0 amide bonds. The first-order valence-corrected chi connectivity index (χ1v) is 2.82. The van der Waals surface area contributed by atoms with E-state index in [2.05, 4.69) is 4.98 Å². The van der Waals surface area contributed by atoms with Gasteiger partial charge in [0.25, 0.3) is 0 Å². The number of carbonyl (C=O) groups is 1. The van der Waals surface area contributed by atoms with Crippen LogP contribution in [0.3, 0.4) is 0 Å². The highest BCUT2D eigenvalue weighted by Gasteiger charge is 2.38. The molecule has 1 aromatic heterocycles. The fourth-order valence-electron chi connectivity index (χ4n) is 0.278. The predicted molar refractivity (Wildman–Crippen MR) is 34.5 cm³/mol. The van der Waals surface area contributed by atoms with Gasteiger partial charge in [0.2, 0.25) is 0 Å². The van der Waals surface area contributed by atoms with E-state index in [0.717, 1.165) is 0 Å². The Morgan fingerprint density at radius 1 is 1.25 bits per heavy atom. The molecule has 12 heavy (non-hydrogen) atoms. The van der Waals surface area contributed by atoms with Crippen LogP contribution in [0.2, 0.25) is 0 Å². The monoisotopic (exact) mass is 181 g/mol. The Hall–Kier alpha value is -1.46. The molecule has 0 aliphatic carbocycles. The van der Waals surface area contributed by atoms with Crippen LogP contribution in [0, 0.1) is 0 Å². The summed E-state index contributed by atoms with van der Waals surface area (Å²) in [6.07, 6.45) is -1.33. The summed E-state index contributed by atoms with van der Waals surface area (Å²) in [4.78, 5) is 11.8. The number of carboxylic acid groups (broad SMARTS) is 1. The number of carboxylic acids is 1. The van der Waals surface area contributed by atoms with Crippen LogP contribution in [-0.2, 0) is 4.79 Å². The minimum atomic E-state index is -5.08. The van der Waals surface area contributed by atoms with E-state index in [-0.39, 0.29) is 0 Å². The topological polar surface area (TPSA) is 53.1 Å². The molecule has 1 rings (SSSR count). The van der Waals surface area contributed by atoms with E-state index in [1.165, 1.54) is 0 Å². The highest BCUT2D eigenvalue weighted by Crippen LogP contribution is 2.13. The van der Waals surface area contributed by atoms with E-state index < -0.39 is 12.1 Å². The standard InChI is InChI=1S/C4H5N.C2HF3O2/c1-2-4-5-3-1;3-2(4,5)1(6)7/h1-5H;(H,6,7). The van der Waals surface area contributed by atoms with Gasteiger partial charge in [0.15, 0.2) is 0 Å². The van der Waals surface area contributed by atoms with Crippen LogP contribution in [0.1, 0.15) is 0 Å². The fourth-order valence-corrected chi connectivity index (χ4v) is 0.278. The largest absolute Gasteiger partial charge is 0.490 e. The quantitative estimate of drug-likeness (QED) is 0.639. The Morgan fingerprint density at radius 3 is 1.67 bits per heavy atom. The van der Waals surface area contributed by atoms with Crippen molar-refractivity contribution in [2.24, 2.45) is 0 Å². The second-order valence-electron chi connectivity index (χ2n) is 1.69. The number of hydrogen-bond acceptors (Lipinski definition) is 1. The van der Waals surface area contributed by atoms with Gasteiger partial charge in [0.05, 0.1) is 0 Å². The normalized spacial score (nSPS) is 9.92. The molecular weight excluding hydrogens is 175 g/mol. The molecule has 2 N–H and O–H groups in total. The number of aromatic amines is 1. The van der Waals surface area contributed by atoms with Crippen molar-refractivity contribution in [1.29, 1.82) is 0 Å². The van der Waals surface area contributed by atoms with Crippen molar-refractivity contribution in [1.82, 2.24) is 4.98 Å². The Labute approximate surface area is 65.8 Å². The molecule has 1 aromatic rings. The molecule has 0 saturated heterocycles. The van der Waals surface area contributed by atoms with E-state index in [4.69, 9.17) is 9.90 Å². The summed E-state index contributed by atoms with van der Waals surface area (Å²) >= 11 is 0. The average molecular weight is 181 g/mol. The first-order chi connectivity index (χ1) is 5.44. The maximum absolute atomic E-state index is 10.6. The minimum absolute atomic E-state index is 1.88. The van der Waals surface area contributed by atoms with Crippen LogP contribution in [-0.4, -0.2) is 22.2 Å². The van der Waals surface area contributed by atoms with Crippen LogP contribution < -0.4 is 0 Å². The summed E-state index contributed by atoms with van der Waals surface area (Å²) in [6, 6.07) is 3.89. The lowest BCUT2D eigenvalue weighted by atomic mass is 10.7. The lowest BCUT2D eigenvalue weighted by Crippen LogP contribution is -2.21. The first-order valence-electron chi connectivity index (χ1n) is 2.82. The number of aromatic nitrogens is 1. The number of aliphatic carboxylic acids is 1.